The van der Waals surface area contributed by atoms with E-state index < -0.39 is 24.2 Å². The number of allylic oxidation sites excluding steroid dienone is 1. The molecule has 0 radical (unpaired) electrons. The van der Waals surface area contributed by atoms with Gasteiger partial charge in [0.2, 0.25) is 5.95 Å². The summed E-state index contributed by atoms with van der Waals surface area (Å²) in [4.78, 5) is 11.2. The molecule has 5 rings (SSSR count). The number of fused-ring (bicyclic) bond motifs is 3. The summed E-state index contributed by atoms with van der Waals surface area (Å²) < 4.78 is 68.8. The van der Waals surface area contributed by atoms with Crippen molar-refractivity contribution in [2.45, 2.75) is 152 Å². The van der Waals surface area contributed by atoms with Crippen molar-refractivity contribution in [2.24, 2.45) is 5.92 Å². The fourth-order valence-corrected chi connectivity index (χ4v) is 6.52. The number of aromatic nitrogens is 2. The number of nitrogens with two attached hydrogens (primary N) is 1. The van der Waals surface area contributed by atoms with E-state index in [1.165, 1.54) is 57.4 Å². The van der Waals surface area contributed by atoms with E-state index in [4.69, 9.17) is 10.5 Å². The molecule has 308 valence electrons. The van der Waals surface area contributed by atoms with Crippen LogP contribution < -0.4 is 10.6 Å². The quantitative estimate of drug-likeness (QED) is 0.162. The number of nitrogen functional groups attached to an aromatic ring is 1. The van der Waals surface area contributed by atoms with Crippen molar-refractivity contribution in [1.29, 1.82) is 5.26 Å². The van der Waals surface area contributed by atoms with E-state index in [1.807, 2.05) is 11.0 Å². The van der Waals surface area contributed by atoms with Crippen molar-refractivity contribution < 1.29 is 26.7 Å². The maximum absolute atomic E-state index is 16.1. The first-order valence-electron chi connectivity index (χ1n) is 19.9. The van der Waals surface area contributed by atoms with Gasteiger partial charge in [-0.15, -0.1) is 11.3 Å². The normalized spacial score (nSPS) is 13.9. The molecule has 1 saturated heterocycles. The molecule has 55 heavy (non-hydrogen) atoms. The highest BCUT2D eigenvalue weighted by molar-refractivity contribution is 7.17. The zero-order valence-electron chi connectivity index (χ0n) is 34.6. The second-order valence-electron chi connectivity index (χ2n) is 13.7. The molecule has 2 aromatic heterocycles. The summed E-state index contributed by atoms with van der Waals surface area (Å²) in [5.41, 5.74) is 8.24. The fraction of sp³-hybridized carbons (Fsp3) is 0.605. The number of hydrogen-bond donors (Lipinski definition) is 1. The van der Waals surface area contributed by atoms with Crippen molar-refractivity contribution >= 4 is 44.6 Å². The van der Waals surface area contributed by atoms with Crippen LogP contribution in [0.1, 0.15) is 166 Å². The Kier molecular flexibility index (Phi) is 23.0. The number of nitriles is 1. The highest BCUT2D eigenvalue weighted by atomic mass is 32.1. The molecule has 1 aromatic carbocycles. The molecule has 0 bridgehead atoms. The average Bonchev–Trinajstić information content (AvgIpc) is 3.96. The highest BCUT2D eigenvalue weighted by Gasteiger charge is 2.31. The van der Waals surface area contributed by atoms with Gasteiger partial charge in [0, 0.05) is 42.2 Å². The molecule has 2 N–H and O–H groups in total. The molecule has 1 unspecified atom stereocenters. The van der Waals surface area contributed by atoms with Crippen LogP contribution in [0.5, 0.6) is 0 Å². The predicted octanol–water partition coefficient (Wildman–Crippen LogP) is 14.1. The second kappa shape index (κ2) is 25.6. The molecular formula is C43H64F5N5OS. The van der Waals surface area contributed by atoms with Crippen LogP contribution in [0.4, 0.5) is 32.9 Å². The number of thiophene rings is 1. The van der Waals surface area contributed by atoms with Crippen LogP contribution in [-0.2, 0) is 18.0 Å². The number of anilines is 2. The zero-order valence-corrected chi connectivity index (χ0v) is 35.4. The Bertz CT molecular complexity index is 1690. The number of unbranched alkanes of at least 4 members (excludes halogenated alkanes) is 3. The molecule has 4 heterocycles. The smallest absolute Gasteiger partial charge is 0.388 e. The van der Waals surface area contributed by atoms with E-state index in [1.54, 1.807) is 13.1 Å². The van der Waals surface area contributed by atoms with E-state index in [2.05, 4.69) is 65.0 Å². The third kappa shape index (κ3) is 14.8. The van der Waals surface area contributed by atoms with Gasteiger partial charge >= 0.3 is 6.18 Å². The van der Waals surface area contributed by atoms with Crippen LogP contribution in [0, 0.1) is 23.1 Å². The molecule has 3 aromatic rings. The largest absolute Gasteiger partial charge is 0.389 e. The van der Waals surface area contributed by atoms with Gasteiger partial charge in [-0.25, -0.2) is 18.7 Å². The van der Waals surface area contributed by atoms with Crippen LogP contribution in [0.2, 0.25) is 0 Å². The molecular weight excluding hydrogens is 730 g/mol. The summed E-state index contributed by atoms with van der Waals surface area (Å²) in [6.45, 7) is 24.3. The topological polar surface area (TPSA) is 88.1 Å². The van der Waals surface area contributed by atoms with Gasteiger partial charge in [-0.05, 0) is 42.4 Å². The third-order valence-corrected chi connectivity index (χ3v) is 10.1. The molecule has 6 nitrogen and oxygen atoms in total. The van der Waals surface area contributed by atoms with Crippen LogP contribution in [-0.4, -0.2) is 29.2 Å². The van der Waals surface area contributed by atoms with Crippen molar-refractivity contribution in [3.05, 3.63) is 57.4 Å². The van der Waals surface area contributed by atoms with Gasteiger partial charge in [0.1, 0.15) is 22.4 Å². The number of alkyl halides is 3. The summed E-state index contributed by atoms with van der Waals surface area (Å²) in [6.07, 6.45) is 11.2. The molecule has 1 fully saturated rings. The second-order valence-corrected chi connectivity index (χ2v) is 14.8. The number of ether oxygens (including phenoxy) is 1. The minimum Gasteiger partial charge on any atom is -0.389 e. The van der Waals surface area contributed by atoms with E-state index in [0.717, 1.165) is 55.7 Å². The number of halogens is 5. The van der Waals surface area contributed by atoms with E-state index >= 15 is 4.39 Å². The Balaban J connectivity index is 0.000000565. The lowest BCUT2D eigenvalue weighted by atomic mass is 9.89. The lowest BCUT2D eigenvalue weighted by Gasteiger charge is -2.18. The van der Waals surface area contributed by atoms with E-state index in [0.29, 0.717) is 16.9 Å². The lowest BCUT2D eigenvalue weighted by molar-refractivity contribution is -0.130. The summed E-state index contributed by atoms with van der Waals surface area (Å²) in [5, 5.41) is 10.5. The van der Waals surface area contributed by atoms with Crippen molar-refractivity contribution in [1.82, 2.24) is 9.97 Å². The summed E-state index contributed by atoms with van der Waals surface area (Å²) in [5.74, 6) is 0.309. The molecule has 0 spiro atoms. The van der Waals surface area contributed by atoms with E-state index in [-0.39, 0.29) is 50.9 Å². The predicted molar refractivity (Wildman–Crippen MR) is 222 cm³/mol. The molecule has 0 saturated carbocycles. The van der Waals surface area contributed by atoms with Gasteiger partial charge in [-0.3, -0.25) is 0 Å². The molecule has 0 amide bonds. The molecule has 0 aliphatic carbocycles. The fourth-order valence-electron chi connectivity index (χ4n) is 5.51. The summed E-state index contributed by atoms with van der Waals surface area (Å²) in [7, 11) is 0. The average molecular weight is 794 g/mol. The molecule has 2 aliphatic rings. The third-order valence-electron chi connectivity index (χ3n) is 9.10. The van der Waals surface area contributed by atoms with Gasteiger partial charge in [0.25, 0.3) is 0 Å². The maximum atomic E-state index is 16.1. The van der Waals surface area contributed by atoms with Crippen LogP contribution in [0.15, 0.2) is 18.9 Å². The van der Waals surface area contributed by atoms with Crippen molar-refractivity contribution in [3.8, 4) is 6.07 Å². The number of benzene rings is 1. The van der Waals surface area contributed by atoms with Crippen LogP contribution in [0.25, 0.3) is 22.3 Å². The van der Waals surface area contributed by atoms with Gasteiger partial charge < -0.3 is 15.4 Å². The monoisotopic (exact) mass is 793 g/mol. The Hall–Kier alpha value is -3.56. The number of rotatable bonds is 10. The number of hydrogen-bond acceptors (Lipinski definition) is 7. The minimum absolute atomic E-state index is 0.0876. The molecule has 2 aliphatic heterocycles. The first kappa shape index (κ1) is 49.5. The number of nitrogens with zero attached hydrogens (tertiary/aromatic N) is 4. The zero-order chi connectivity index (χ0) is 41.7. The van der Waals surface area contributed by atoms with Gasteiger partial charge in [0.15, 0.2) is 5.82 Å². The first-order valence-corrected chi connectivity index (χ1v) is 20.7. The van der Waals surface area contributed by atoms with Crippen LogP contribution in [0.3, 0.4) is 0 Å². The minimum atomic E-state index is -3.96. The van der Waals surface area contributed by atoms with Gasteiger partial charge in [-0.2, -0.15) is 18.4 Å². The van der Waals surface area contributed by atoms with Crippen molar-refractivity contribution in [3.63, 3.8) is 0 Å². The summed E-state index contributed by atoms with van der Waals surface area (Å²) >= 11 is 0.948. The summed E-state index contributed by atoms with van der Waals surface area (Å²) in [6, 6.07) is 2.03. The Morgan fingerprint density at radius 1 is 1.04 bits per heavy atom. The van der Waals surface area contributed by atoms with Crippen LogP contribution >= 0.6 is 11.3 Å². The van der Waals surface area contributed by atoms with E-state index in [9.17, 15) is 22.8 Å². The molecule has 12 heteroatoms. The van der Waals surface area contributed by atoms with Crippen molar-refractivity contribution in [2.75, 3.05) is 23.7 Å². The standard InChI is InChI=1S/C24H21F2N5OS.C9H20.C4H10.C3H5F3.C3H8/c1-3-17(25)22-19(13(8-27)23(28)33-22)12(2)18-16-11-32-10-15(16)14-9-29-24(30-21(14)20(18)26)31-6-4-5-7-31;1-4-6-7-8-9(3)5-2;1-3-4-2;1-2-3(4,5)6;1-3-2/h3,9H,2,4-7,10-11,28H2,1H3;9H,4-8H2,1-3H3;3-4H2,1-2H3;2H2,1H3;3H2,1-2H3/b17-3+;;;;. The SMILES string of the molecule is C=C(c1c(/C(F)=C\C)sc(N)c1C#N)c1c2c(c3cnc(N4CCCC4)nc3c1F)COC2.CCC.CCC(F)(F)F.CCCC.CCCCCC(C)CC. The van der Waals surface area contributed by atoms with Gasteiger partial charge in [-0.1, -0.05) is 119 Å². The van der Waals surface area contributed by atoms with Gasteiger partial charge in [0.05, 0.1) is 23.7 Å². The lowest BCUT2D eigenvalue weighted by Crippen LogP contribution is -2.20. The first-order chi connectivity index (χ1) is 26.2. The Labute approximate surface area is 331 Å². The maximum Gasteiger partial charge on any atom is 0.388 e. The molecule has 1 atom stereocenters. The Morgan fingerprint density at radius 2 is 1.62 bits per heavy atom. The Morgan fingerprint density at radius 3 is 2.11 bits per heavy atom. The highest BCUT2D eigenvalue weighted by Crippen LogP contribution is 2.45.